The van der Waals surface area contributed by atoms with Gasteiger partial charge in [0.25, 0.3) is 0 Å². The number of hydrogen-bond donors (Lipinski definition) is 1. The Kier molecular flexibility index (Phi) is 5.02. The molecular formula is C15H22F3N. The molecule has 0 amide bonds. The first-order valence-electron chi connectivity index (χ1n) is 6.48. The van der Waals surface area contributed by atoms with Crippen molar-refractivity contribution in [3.05, 3.63) is 35.4 Å². The summed E-state index contributed by atoms with van der Waals surface area (Å²) in [6.07, 6.45) is -2.51. The van der Waals surface area contributed by atoms with E-state index in [4.69, 9.17) is 0 Å². The summed E-state index contributed by atoms with van der Waals surface area (Å²) in [5.74, 6) is 0. The van der Waals surface area contributed by atoms with Gasteiger partial charge in [-0.25, -0.2) is 0 Å². The van der Waals surface area contributed by atoms with Crippen LogP contribution >= 0.6 is 0 Å². The second-order valence-electron chi connectivity index (χ2n) is 6.06. The van der Waals surface area contributed by atoms with Gasteiger partial charge in [0, 0.05) is 6.04 Å². The molecule has 0 fully saturated rings. The highest BCUT2D eigenvalue weighted by Gasteiger charge is 2.30. The first-order chi connectivity index (χ1) is 8.63. The second kappa shape index (κ2) is 5.95. The van der Waals surface area contributed by atoms with Crippen LogP contribution in [0.15, 0.2) is 24.3 Å². The monoisotopic (exact) mass is 273 g/mol. The molecule has 0 saturated carbocycles. The van der Waals surface area contributed by atoms with Crippen molar-refractivity contribution in [1.82, 2.24) is 5.32 Å². The molecular weight excluding hydrogens is 251 g/mol. The van der Waals surface area contributed by atoms with Crippen LogP contribution in [0.3, 0.4) is 0 Å². The number of rotatable bonds is 4. The third-order valence-corrected chi connectivity index (χ3v) is 3.15. The molecule has 19 heavy (non-hydrogen) atoms. The van der Waals surface area contributed by atoms with Crippen LogP contribution in [0.25, 0.3) is 0 Å². The molecule has 0 aromatic heterocycles. The van der Waals surface area contributed by atoms with Gasteiger partial charge in [-0.3, -0.25) is 0 Å². The zero-order valence-electron chi connectivity index (χ0n) is 11.9. The van der Waals surface area contributed by atoms with Gasteiger partial charge < -0.3 is 5.32 Å². The van der Waals surface area contributed by atoms with Crippen LogP contribution in [0.1, 0.15) is 50.8 Å². The minimum Gasteiger partial charge on any atom is -0.313 e. The van der Waals surface area contributed by atoms with Crippen molar-refractivity contribution in [3.63, 3.8) is 0 Å². The van der Waals surface area contributed by atoms with E-state index in [0.717, 1.165) is 18.9 Å². The molecule has 108 valence electrons. The molecule has 1 unspecified atom stereocenters. The SMILES string of the molecule is CNC(CCC(C)(C)C)c1cccc(C(F)(F)F)c1. The molecule has 1 atom stereocenters. The second-order valence-corrected chi connectivity index (χ2v) is 6.06. The van der Waals surface area contributed by atoms with Gasteiger partial charge in [-0.05, 0) is 43.0 Å². The van der Waals surface area contributed by atoms with Crippen LogP contribution < -0.4 is 5.32 Å². The lowest BCUT2D eigenvalue weighted by Gasteiger charge is -2.23. The van der Waals surface area contributed by atoms with Crippen molar-refractivity contribution in [2.75, 3.05) is 7.05 Å². The smallest absolute Gasteiger partial charge is 0.313 e. The summed E-state index contributed by atoms with van der Waals surface area (Å²) in [7, 11) is 1.79. The fourth-order valence-corrected chi connectivity index (χ4v) is 1.99. The zero-order chi connectivity index (χ0) is 14.7. The summed E-state index contributed by atoms with van der Waals surface area (Å²) in [5.41, 5.74) is 0.291. The van der Waals surface area contributed by atoms with Crippen molar-refractivity contribution in [2.24, 2.45) is 5.41 Å². The first-order valence-corrected chi connectivity index (χ1v) is 6.48. The molecule has 1 aromatic rings. The van der Waals surface area contributed by atoms with E-state index in [2.05, 4.69) is 26.1 Å². The largest absolute Gasteiger partial charge is 0.416 e. The lowest BCUT2D eigenvalue weighted by atomic mass is 9.87. The maximum atomic E-state index is 12.7. The molecule has 0 bridgehead atoms. The molecule has 0 aliphatic rings. The Balaban J connectivity index is 2.87. The average Bonchev–Trinajstić information content (AvgIpc) is 2.27. The first kappa shape index (κ1) is 16.0. The van der Waals surface area contributed by atoms with E-state index in [1.807, 2.05) is 0 Å². The molecule has 0 radical (unpaired) electrons. The molecule has 0 heterocycles. The highest BCUT2D eigenvalue weighted by Crippen LogP contribution is 2.32. The molecule has 1 rings (SSSR count). The van der Waals surface area contributed by atoms with Gasteiger partial charge in [0.05, 0.1) is 5.56 Å². The van der Waals surface area contributed by atoms with Crippen LogP contribution in [0.4, 0.5) is 13.2 Å². The van der Waals surface area contributed by atoms with E-state index in [-0.39, 0.29) is 11.5 Å². The fraction of sp³-hybridized carbons (Fsp3) is 0.600. The molecule has 1 aromatic carbocycles. The highest BCUT2D eigenvalue weighted by molar-refractivity contribution is 5.28. The van der Waals surface area contributed by atoms with E-state index in [1.54, 1.807) is 13.1 Å². The highest BCUT2D eigenvalue weighted by atomic mass is 19.4. The van der Waals surface area contributed by atoms with Crippen molar-refractivity contribution < 1.29 is 13.2 Å². The average molecular weight is 273 g/mol. The number of hydrogen-bond acceptors (Lipinski definition) is 1. The number of benzene rings is 1. The van der Waals surface area contributed by atoms with Crippen LogP contribution in [0, 0.1) is 5.41 Å². The third kappa shape index (κ3) is 5.23. The van der Waals surface area contributed by atoms with E-state index in [9.17, 15) is 13.2 Å². The molecule has 0 aliphatic heterocycles. The van der Waals surface area contributed by atoms with Crippen LogP contribution in [-0.4, -0.2) is 7.05 Å². The van der Waals surface area contributed by atoms with Gasteiger partial charge in [-0.2, -0.15) is 13.2 Å². The van der Waals surface area contributed by atoms with E-state index in [0.29, 0.717) is 5.56 Å². The quantitative estimate of drug-likeness (QED) is 0.831. The summed E-state index contributed by atoms with van der Waals surface area (Å²) in [6, 6.07) is 5.53. The van der Waals surface area contributed by atoms with Crippen molar-refractivity contribution in [2.45, 2.75) is 45.8 Å². The Morgan fingerprint density at radius 1 is 1.16 bits per heavy atom. The fourth-order valence-electron chi connectivity index (χ4n) is 1.99. The topological polar surface area (TPSA) is 12.0 Å². The lowest BCUT2D eigenvalue weighted by molar-refractivity contribution is -0.137. The van der Waals surface area contributed by atoms with E-state index >= 15 is 0 Å². The molecule has 0 spiro atoms. The van der Waals surface area contributed by atoms with Crippen molar-refractivity contribution in [1.29, 1.82) is 0 Å². The van der Waals surface area contributed by atoms with Gasteiger partial charge in [-0.15, -0.1) is 0 Å². The lowest BCUT2D eigenvalue weighted by Crippen LogP contribution is -2.19. The minimum atomic E-state index is -4.28. The third-order valence-electron chi connectivity index (χ3n) is 3.15. The molecule has 0 saturated heterocycles. The number of nitrogens with one attached hydrogen (secondary N) is 1. The Hall–Kier alpha value is -1.03. The summed E-state index contributed by atoms with van der Waals surface area (Å²) >= 11 is 0. The van der Waals surface area contributed by atoms with E-state index in [1.165, 1.54) is 12.1 Å². The summed E-state index contributed by atoms with van der Waals surface area (Å²) < 4.78 is 38.1. The van der Waals surface area contributed by atoms with Gasteiger partial charge in [0.2, 0.25) is 0 Å². The Morgan fingerprint density at radius 3 is 2.26 bits per heavy atom. The number of halogens is 3. The van der Waals surface area contributed by atoms with Crippen molar-refractivity contribution in [3.8, 4) is 0 Å². The molecule has 1 N–H and O–H groups in total. The van der Waals surface area contributed by atoms with E-state index < -0.39 is 11.7 Å². The predicted octanol–water partition coefficient (Wildman–Crippen LogP) is 4.79. The maximum absolute atomic E-state index is 12.7. The Morgan fingerprint density at radius 2 is 1.79 bits per heavy atom. The summed E-state index contributed by atoms with van der Waals surface area (Å²) in [6.45, 7) is 6.39. The summed E-state index contributed by atoms with van der Waals surface area (Å²) in [5, 5.41) is 3.10. The number of alkyl halides is 3. The molecule has 1 nitrogen and oxygen atoms in total. The normalized spacial score (nSPS) is 14.5. The summed E-state index contributed by atoms with van der Waals surface area (Å²) in [4.78, 5) is 0. The van der Waals surface area contributed by atoms with Gasteiger partial charge in [0.1, 0.15) is 0 Å². The maximum Gasteiger partial charge on any atom is 0.416 e. The van der Waals surface area contributed by atoms with Crippen LogP contribution in [0.2, 0.25) is 0 Å². The zero-order valence-corrected chi connectivity index (χ0v) is 11.9. The molecule has 0 aliphatic carbocycles. The van der Waals surface area contributed by atoms with Gasteiger partial charge in [-0.1, -0.05) is 32.9 Å². The van der Waals surface area contributed by atoms with Gasteiger partial charge in [0.15, 0.2) is 0 Å². The standard InChI is InChI=1S/C15H22F3N/c1-14(2,3)9-8-13(19-4)11-6-5-7-12(10-11)15(16,17)18/h5-7,10,13,19H,8-9H2,1-4H3. The molecule has 4 heteroatoms. The Labute approximate surface area is 113 Å². The van der Waals surface area contributed by atoms with Gasteiger partial charge >= 0.3 is 6.18 Å². The Bertz CT molecular complexity index is 405. The van der Waals surface area contributed by atoms with Crippen molar-refractivity contribution >= 4 is 0 Å². The predicted molar refractivity (Wildman–Crippen MR) is 71.9 cm³/mol. The minimum absolute atomic E-state index is 0.0403. The van der Waals surface area contributed by atoms with Crippen LogP contribution in [0.5, 0.6) is 0 Å². The van der Waals surface area contributed by atoms with Crippen LogP contribution in [-0.2, 0) is 6.18 Å².